The number of nitrogens with zero attached hydrogens (tertiary/aromatic N) is 3. The van der Waals surface area contributed by atoms with Crippen molar-refractivity contribution in [2.24, 2.45) is 0 Å². The molecule has 1 aliphatic heterocycles. The van der Waals surface area contributed by atoms with Crippen LogP contribution in [-0.4, -0.2) is 55.8 Å². The summed E-state index contributed by atoms with van der Waals surface area (Å²) in [5.41, 5.74) is 1.75. The van der Waals surface area contributed by atoms with Crippen molar-refractivity contribution < 1.29 is 14.3 Å². The molecule has 1 N–H and O–H groups in total. The molecule has 3 aromatic rings. The Morgan fingerprint density at radius 1 is 1.10 bits per heavy atom. The molecule has 0 spiro atoms. The van der Waals surface area contributed by atoms with Crippen molar-refractivity contribution in [1.29, 1.82) is 0 Å². The molecule has 0 aliphatic carbocycles. The number of hydrogen-bond donors (Lipinski definition) is 1. The Hall–Kier alpha value is -3.00. The molecule has 0 unspecified atom stereocenters. The second-order valence-corrected chi connectivity index (χ2v) is 8.47. The number of amides is 2. The molecule has 7 nitrogen and oxygen atoms in total. The largest absolute Gasteiger partial charge is 0.497 e. The molecule has 164 valence electrons. The van der Waals surface area contributed by atoms with Gasteiger partial charge in [0.1, 0.15) is 11.5 Å². The van der Waals surface area contributed by atoms with Gasteiger partial charge >= 0.3 is 6.03 Å². The Morgan fingerprint density at radius 3 is 2.55 bits per heavy atom. The van der Waals surface area contributed by atoms with Crippen LogP contribution in [0, 0.1) is 0 Å². The second kappa shape index (κ2) is 9.87. The standard InChI is InChI=1S/C23H28N4O3S/c1-3-4-15-30-18-7-5-17(6-8-18)24-22(28)26-11-13-27(14-12-26)23-25-20-10-9-19(29-2)16-21(20)31-23/h5-10,16H,3-4,11-15H2,1-2H3,(H,24,28). The predicted molar refractivity (Wildman–Crippen MR) is 126 cm³/mol. The first-order valence-corrected chi connectivity index (χ1v) is 11.5. The number of rotatable bonds is 7. The fourth-order valence-corrected chi connectivity index (χ4v) is 4.47. The maximum Gasteiger partial charge on any atom is 0.321 e. The van der Waals surface area contributed by atoms with Gasteiger partial charge in [0.15, 0.2) is 5.13 Å². The smallest absolute Gasteiger partial charge is 0.321 e. The number of fused-ring (bicyclic) bond motifs is 1. The van der Waals surface area contributed by atoms with Gasteiger partial charge in [-0.1, -0.05) is 24.7 Å². The first-order chi connectivity index (χ1) is 15.2. The summed E-state index contributed by atoms with van der Waals surface area (Å²) in [6, 6.07) is 13.4. The number of carbonyl (C=O) groups excluding carboxylic acids is 1. The van der Waals surface area contributed by atoms with Crippen molar-refractivity contribution in [2.45, 2.75) is 19.8 Å². The number of unbranched alkanes of at least 4 members (excludes halogenated alkanes) is 1. The Morgan fingerprint density at radius 2 is 1.84 bits per heavy atom. The highest BCUT2D eigenvalue weighted by Gasteiger charge is 2.23. The van der Waals surface area contributed by atoms with Crippen molar-refractivity contribution in [3.63, 3.8) is 0 Å². The molecule has 31 heavy (non-hydrogen) atoms. The molecule has 1 fully saturated rings. The number of methoxy groups -OCH3 is 1. The van der Waals surface area contributed by atoms with E-state index in [4.69, 9.17) is 14.5 Å². The Kier molecular flexibility index (Phi) is 6.76. The van der Waals surface area contributed by atoms with Crippen LogP contribution in [0.15, 0.2) is 42.5 Å². The van der Waals surface area contributed by atoms with Crippen LogP contribution < -0.4 is 19.7 Å². The van der Waals surface area contributed by atoms with Gasteiger partial charge in [-0.15, -0.1) is 0 Å². The normalized spacial score (nSPS) is 14.0. The number of benzene rings is 2. The molecule has 0 saturated carbocycles. The lowest BCUT2D eigenvalue weighted by molar-refractivity contribution is 0.208. The van der Waals surface area contributed by atoms with E-state index in [1.807, 2.05) is 47.4 Å². The van der Waals surface area contributed by atoms with Crippen LogP contribution >= 0.6 is 11.3 Å². The summed E-state index contributed by atoms with van der Waals surface area (Å²) in [4.78, 5) is 21.5. The van der Waals surface area contributed by atoms with Crippen molar-refractivity contribution in [3.8, 4) is 11.5 Å². The minimum atomic E-state index is -0.0756. The summed E-state index contributed by atoms with van der Waals surface area (Å²) < 4.78 is 12.1. The Balaban J connectivity index is 1.29. The van der Waals surface area contributed by atoms with Gasteiger partial charge in [-0.25, -0.2) is 9.78 Å². The number of ether oxygens (including phenoxy) is 2. The van der Waals surface area contributed by atoms with Gasteiger partial charge in [-0.3, -0.25) is 0 Å². The quantitative estimate of drug-likeness (QED) is 0.533. The van der Waals surface area contributed by atoms with Gasteiger partial charge in [-0.05, 0) is 48.9 Å². The van der Waals surface area contributed by atoms with Crippen molar-refractivity contribution in [3.05, 3.63) is 42.5 Å². The van der Waals surface area contributed by atoms with Gasteiger partial charge < -0.3 is 24.6 Å². The summed E-state index contributed by atoms with van der Waals surface area (Å²) in [5, 5.41) is 3.97. The number of aromatic nitrogens is 1. The van der Waals surface area contributed by atoms with E-state index in [0.29, 0.717) is 19.7 Å². The van der Waals surface area contributed by atoms with Crippen LogP contribution in [-0.2, 0) is 0 Å². The van der Waals surface area contributed by atoms with E-state index >= 15 is 0 Å². The van der Waals surface area contributed by atoms with Crippen LogP contribution in [0.2, 0.25) is 0 Å². The molecule has 0 bridgehead atoms. The van der Waals surface area contributed by atoms with E-state index in [-0.39, 0.29) is 6.03 Å². The number of hydrogen-bond acceptors (Lipinski definition) is 6. The average molecular weight is 441 g/mol. The maximum atomic E-state index is 12.7. The lowest BCUT2D eigenvalue weighted by Gasteiger charge is -2.34. The summed E-state index contributed by atoms with van der Waals surface area (Å²) in [7, 11) is 1.67. The van der Waals surface area contributed by atoms with Crippen molar-refractivity contribution in [1.82, 2.24) is 9.88 Å². The zero-order chi connectivity index (χ0) is 21.6. The molecule has 2 aromatic carbocycles. The van der Waals surface area contributed by atoms with E-state index in [1.54, 1.807) is 18.4 Å². The topological polar surface area (TPSA) is 66.9 Å². The summed E-state index contributed by atoms with van der Waals surface area (Å²) >= 11 is 1.66. The molecular weight excluding hydrogens is 412 g/mol. The van der Waals surface area contributed by atoms with Gasteiger partial charge in [0.25, 0.3) is 0 Å². The third kappa shape index (κ3) is 5.19. The first-order valence-electron chi connectivity index (χ1n) is 10.6. The average Bonchev–Trinajstić information content (AvgIpc) is 3.24. The first kappa shape index (κ1) is 21.2. The highest BCUT2D eigenvalue weighted by atomic mass is 32.1. The molecule has 1 saturated heterocycles. The monoisotopic (exact) mass is 440 g/mol. The lowest BCUT2D eigenvalue weighted by Crippen LogP contribution is -2.50. The molecule has 0 atom stereocenters. The fraction of sp³-hybridized carbons (Fsp3) is 0.391. The third-order valence-electron chi connectivity index (χ3n) is 5.29. The predicted octanol–water partition coefficient (Wildman–Crippen LogP) is 4.84. The molecule has 8 heteroatoms. The van der Waals surface area contributed by atoms with Gasteiger partial charge in [-0.2, -0.15) is 0 Å². The Labute approximate surface area is 186 Å². The Bertz CT molecular complexity index is 1010. The number of anilines is 2. The minimum absolute atomic E-state index is 0.0756. The number of nitrogens with one attached hydrogen (secondary N) is 1. The number of thiazole rings is 1. The summed E-state index contributed by atoms with van der Waals surface area (Å²) in [6.45, 7) is 5.68. The van der Waals surface area contributed by atoms with Crippen LogP contribution in [0.25, 0.3) is 10.2 Å². The number of piperazine rings is 1. The minimum Gasteiger partial charge on any atom is -0.497 e. The zero-order valence-electron chi connectivity index (χ0n) is 18.0. The van der Waals surface area contributed by atoms with E-state index in [1.165, 1.54) is 0 Å². The third-order valence-corrected chi connectivity index (χ3v) is 6.37. The van der Waals surface area contributed by atoms with Gasteiger partial charge in [0, 0.05) is 31.9 Å². The second-order valence-electron chi connectivity index (χ2n) is 7.46. The zero-order valence-corrected chi connectivity index (χ0v) is 18.8. The van der Waals surface area contributed by atoms with Crippen LogP contribution in [0.3, 0.4) is 0 Å². The molecular formula is C23H28N4O3S. The maximum absolute atomic E-state index is 12.7. The number of urea groups is 1. The molecule has 1 aliphatic rings. The van der Waals surface area contributed by atoms with Crippen LogP contribution in [0.5, 0.6) is 11.5 Å². The number of carbonyl (C=O) groups is 1. The van der Waals surface area contributed by atoms with E-state index in [2.05, 4.69) is 17.1 Å². The summed E-state index contributed by atoms with van der Waals surface area (Å²) in [6.07, 6.45) is 2.14. The van der Waals surface area contributed by atoms with Crippen LogP contribution in [0.4, 0.5) is 15.6 Å². The SMILES string of the molecule is CCCCOc1ccc(NC(=O)N2CCN(c3nc4ccc(OC)cc4s3)CC2)cc1. The van der Waals surface area contributed by atoms with Crippen molar-refractivity contribution in [2.75, 3.05) is 50.1 Å². The van der Waals surface area contributed by atoms with Gasteiger partial charge in [0.05, 0.1) is 23.9 Å². The lowest BCUT2D eigenvalue weighted by atomic mass is 10.3. The van der Waals surface area contributed by atoms with E-state index in [0.717, 1.165) is 58.5 Å². The highest BCUT2D eigenvalue weighted by molar-refractivity contribution is 7.22. The van der Waals surface area contributed by atoms with Gasteiger partial charge in [0.2, 0.25) is 0 Å². The van der Waals surface area contributed by atoms with E-state index in [9.17, 15) is 4.79 Å². The molecule has 1 aromatic heterocycles. The molecule has 2 amide bonds. The van der Waals surface area contributed by atoms with Crippen LogP contribution in [0.1, 0.15) is 19.8 Å². The fourth-order valence-electron chi connectivity index (χ4n) is 3.43. The molecule has 0 radical (unpaired) electrons. The molecule has 4 rings (SSSR count). The van der Waals surface area contributed by atoms with Crippen molar-refractivity contribution >= 4 is 38.4 Å². The molecule has 2 heterocycles. The van der Waals surface area contributed by atoms with E-state index < -0.39 is 0 Å². The highest BCUT2D eigenvalue weighted by Crippen LogP contribution is 2.32. The summed E-state index contributed by atoms with van der Waals surface area (Å²) in [5.74, 6) is 1.67.